The number of aliphatic hydroxyl groups excluding tert-OH is 2. The lowest BCUT2D eigenvalue weighted by atomic mass is 10.0. The number of hydrogen-bond donors (Lipinski definition) is 3. The van der Waals surface area contributed by atoms with Gasteiger partial charge in [-0.05, 0) is 70.6 Å². The van der Waals surface area contributed by atoms with E-state index in [1.54, 1.807) is 6.08 Å². The molecule has 0 aromatic carbocycles. The van der Waals surface area contributed by atoms with Crippen LogP contribution >= 0.6 is 0 Å². The van der Waals surface area contributed by atoms with E-state index in [0.717, 1.165) is 38.5 Å². The number of hydrogen-bond acceptors (Lipinski definition) is 3. The van der Waals surface area contributed by atoms with Crippen LogP contribution in [-0.2, 0) is 4.79 Å². The van der Waals surface area contributed by atoms with Crippen LogP contribution in [0.15, 0.2) is 48.6 Å². The molecule has 340 valence electrons. The van der Waals surface area contributed by atoms with Gasteiger partial charge in [0.1, 0.15) is 0 Å². The van der Waals surface area contributed by atoms with E-state index in [9.17, 15) is 15.0 Å². The molecule has 0 aromatic heterocycles. The van der Waals surface area contributed by atoms with Gasteiger partial charge in [-0.3, -0.25) is 4.79 Å². The second-order valence-electron chi connectivity index (χ2n) is 17.6. The minimum Gasteiger partial charge on any atom is -0.394 e. The normalized spacial score (nSPS) is 13.2. The molecule has 0 aromatic rings. The van der Waals surface area contributed by atoms with Gasteiger partial charge in [-0.2, -0.15) is 0 Å². The van der Waals surface area contributed by atoms with Gasteiger partial charge in [-0.1, -0.05) is 242 Å². The maximum absolute atomic E-state index is 12.4. The van der Waals surface area contributed by atoms with Crippen molar-refractivity contribution in [2.45, 2.75) is 283 Å². The van der Waals surface area contributed by atoms with Crippen LogP contribution in [0.5, 0.6) is 0 Å². The Morgan fingerprint density at radius 2 is 0.672 bits per heavy atom. The topological polar surface area (TPSA) is 69.6 Å². The van der Waals surface area contributed by atoms with Crippen LogP contribution < -0.4 is 5.32 Å². The Kier molecular flexibility index (Phi) is 48.3. The Morgan fingerprint density at radius 1 is 0.397 bits per heavy atom. The molecule has 58 heavy (non-hydrogen) atoms. The van der Waals surface area contributed by atoms with E-state index in [0.29, 0.717) is 6.42 Å². The maximum Gasteiger partial charge on any atom is 0.220 e. The van der Waals surface area contributed by atoms with E-state index in [2.05, 4.69) is 55.6 Å². The number of amides is 1. The first-order valence-corrected chi connectivity index (χ1v) is 25.9. The number of rotatable bonds is 47. The molecule has 0 heterocycles. The average molecular weight is 812 g/mol. The highest BCUT2D eigenvalue weighted by Gasteiger charge is 2.17. The molecule has 0 aliphatic rings. The lowest BCUT2D eigenvalue weighted by Gasteiger charge is -2.19. The molecule has 1 amide bonds. The van der Waals surface area contributed by atoms with Gasteiger partial charge in [0.15, 0.2) is 0 Å². The molecule has 0 saturated carbocycles. The van der Waals surface area contributed by atoms with E-state index >= 15 is 0 Å². The molecule has 2 unspecified atom stereocenters. The standard InChI is InChI=1S/C54H101NO3/c1-3-5-7-9-11-13-15-17-19-21-22-23-24-25-26-27-28-29-30-31-32-34-36-38-40-42-44-46-48-50-54(58)55-52(51-56)53(57)49-47-45-43-41-39-37-35-33-20-18-16-14-12-10-8-6-4-2/h20,25-26,33,39,41,47,49,52-53,56-57H,3-19,21-24,27-32,34-38,40,42-46,48,50-51H2,1-2H3,(H,55,58)/b26-25-,33-20+,41-39+,49-47+. The quantitative estimate of drug-likeness (QED) is 0.0423. The van der Waals surface area contributed by atoms with Crippen LogP contribution in [0.3, 0.4) is 0 Å². The summed E-state index contributed by atoms with van der Waals surface area (Å²) in [7, 11) is 0. The highest BCUT2D eigenvalue weighted by molar-refractivity contribution is 5.76. The maximum atomic E-state index is 12.4. The molecule has 0 fully saturated rings. The zero-order valence-electron chi connectivity index (χ0n) is 39.1. The summed E-state index contributed by atoms with van der Waals surface area (Å²) < 4.78 is 0. The van der Waals surface area contributed by atoms with Crippen molar-refractivity contribution in [1.29, 1.82) is 0 Å². The number of carbonyl (C=O) groups is 1. The van der Waals surface area contributed by atoms with Crippen LogP contribution in [0.1, 0.15) is 271 Å². The molecule has 0 radical (unpaired) electrons. The Hall–Kier alpha value is -1.65. The van der Waals surface area contributed by atoms with Crippen LogP contribution in [0.2, 0.25) is 0 Å². The molecular formula is C54H101NO3. The van der Waals surface area contributed by atoms with Gasteiger partial charge in [0.25, 0.3) is 0 Å². The van der Waals surface area contributed by atoms with E-state index < -0.39 is 12.1 Å². The Bertz CT molecular complexity index is 923. The fourth-order valence-electron chi connectivity index (χ4n) is 7.79. The number of unbranched alkanes of at least 4 members (excludes halogenated alkanes) is 34. The first-order valence-electron chi connectivity index (χ1n) is 25.9. The number of nitrogens with one attached hydrogen (secondary N) is 1. The van der Waals surface area contributed by atoms with Crippen LogP contribution in [0.4, 0.5) is 0 Å². The third kappa shape index (κ3) is 45.4. The molecule has 0 rings (SSSR count). The van der Waals surface area contributed by atoms with Gasteiger partial charge in [-0.15, -0.1) is 0 Å². The summed E-state index contributed by atoms with van der Waals surface area (Å²) in [6.07, 6.45) is 68.3. The molecule has 2 atom stereocenters. The van der Waals surface area contributed by atoms with Gasteiger partial charge in [0.05, 0.1) is 18.8 Å². The minimum absolute atomic E-state index is 0.0765. The monoisotopic (exact) mass is 812 g/mol. The molecule has 0 spiro atoms. The fourth-order valence-corrected chi connectivity index (χ4v) is 7.79. The second-order valence-corrected chi connectivity index (χ2v) is 17.6. The smallest absolute Gasteiger partial charge is 0.220 e. The molecule has 0 bridgehead atoms. The molecule has 3 N–H and O–H groups in total. The minimum atomic E-state index is -0.870. The van der Waals surface area contributed by atoms with Crippen molar-refractivity contribution in [3.63, 3.8) is 0 Å². The average Bonchev–Trinajstić information content (AvgIpc) is 3.23. The predicted octanol–water partition coefficient (Wildman–Crippen LogP) is 16.7. The molecule has 4 nitrogen and oxygen atoms in total. The fraction of sp³-hybridized carbons (Fsp3) is 0.833. The van der Waals surface area contributed by atoms with Crippen LogP contribution in [0, 0.1) is 0 Å². The Labute approximate surface area is 363 Å². The van der Waals surface area contributed by atoms with Crippen molar-refractivity contribution in [3.8, 4) is 0 Å². The lowest BCUT2D eigenvalue weighted by Crippen LogP contribution is -2.45. The Morgan fingerprint density at radius 3 is 1.00 bits per heavy atom. The highest BCUT2D eigenvalue weighted by atomic mass is 16.3. The van der Waals surface area contributed by atoms with E-state index in [1.165, 1.54) is 212 Å². The van der Waals surface area contributed by atoms with Crippen molar-refractivity contribution in [2.75, 3.05) is 6.61 Å². The molecule has 0 aliphatic carbocycles. The van der Waals surface area contributed by atoms with Gasteiger partial charge < -0.3 is 15.5 Å². The predicted molar refractivity (Wildman–Crippen MR) is 258 cm³/mol. The third-order valence-corrected chi connectivity index (χ3v) is 11.8. The zero-order valence-corrected chi connectivity index (χ0v) is 39.1. The first kappa shape index (κ1) is 56.4. The first-order chi connectivity index (χ1) is 28.7. The summed E-state index contributed by atoms with van der Waals surface area (Å²) in [5.74, 6) is -0.0765. The summed E-state index contributed by atoms with van der Waals surface area (Å²) >= 11 is 0. The molecule has 4 heteroatoms. The second kappa shape index (κ2) is 49.7. The molecule has 0 saturated heterocycles. The van der Waals surface area contributed by atoms with Crippen molar-refractivity contribution >= 4 is 5.91 Å². The molecule has 0 aliphatic heterocycles. The lowest BCUT2D eigenvalue weighted by molar-refractivity contribution is -0.123. The van der Waals surface area contributed by atoms with E-state index in [4.69, 9.17) is 0 Å². The van der Waals surface area contributed by atoms with Gasteiger partial charge >= 0.3 is 0 Å². The Balaban J connectivity index is 3.53. The largest absolute Gasteiger partial charge is 0.394 e. The van der Waals surface area contributed by atoms with Crippen LogP contribution in [-0.4, -0.2) is 34.9 Å². The SMILES string of the molecule is CCCCCCCCC/C=C/CC/C=C/CC/C=C/C(O)C(CO)NC(=O)CCCCCCCCCCCCCCC/C=C\CCCCCCCCCCCCCC. The van der Waals surface area contributed by atoms with Gasteiger partial charge in [-0.25, -0.2) is 0 Å². The zero-order chi connectivity index (χ0) is 42.1. The number of aliphatic hydroxyl groups is 2. The van der Waals surface area contributed by atoms with Crippen molar-refractivity contribution in [1.82, 2.24) is 5.32 Å². The van der Waals surface area contributed by atoms with Crippen molar-refractivity contribution < 1.29 is 15.0 Å². The van der Waals surface area contributed by atoms with Crippen molar-refractivity contribution in [2.24, 2.45) is 0 Å². The van der Waals surface area contributed by atoms with E-state index in [1.807, 2.05) is 6.08 Å². The number of allylic oxidation sites excluding steroid dienone is 7. The summed E-state index contributed by atoms with van der Waals surface area (Å²) in [6, 6.07) is -0.645. The summed E-state index contributed by atoms with van der Waals surface area (Å²) in [5.41, 5.74) is 0. The van der Waals surface area contributed by atoms with Crippen LogP contribution in [0.25, 0.3) is 0 Å². The van der Waals surface area contributed by atoms with Crippen molar-refractivity contribution in [3.05, 3.63) is 48.6 Å². The summed E-state index contributed by atoms with van der Waals surface area (Å²) in [6.45, 7) is 4.30. The van der Waals surface area contributed by atoms with E-state index in [-0.39, 0.29) is 12.5 Å². The summed E-state index contributed by atoms with van der Waals surface area (Å²) in [5, 5.41) is 23.0. The third-order valence-electron chi connectivity index (χ3n) is 11.8. The van der Waals surface area contributed by atoms with Gasteiger partial charge in [0, 0.05) is 6.42 Å². The summed E-state index contributed by atoms with van der Waals surface area (Å²) in [4.78, 5) is 12.4. The number of carbonyl (C=O) groups excluding carboxylic acids is 1. The van der Waals surface area contributed by atoms with Gasteiger partial charge in [0.2, 0.25) is 5.91 Å². The highest BCUT2D eigenvalue weighted by Crippen LogP contribution is 2.16. The molecular weight excluding hydrogens is 711 g/mol.